The van der Waals surface area contributed by atoms with Crippen LogP contribution < -0.4 is 10.0 Å². The van der Waals surface area contributed by atoms with Crippen molar-refractivity contribution in [2.75, 3.05) is 13.2 Å². The van der Waals surface area contributed by atoms with Crippen molar-refractivity contribution < 1.29 is 27.4 Å². The number of benzene rings is 1. The lowest BCUT2D eigenvalue weighted by Gasteiger charge is -2.36. The molecule has 0 aliphatic carbocycles. The number of aromatic nitrogens is 1. The average Bonchev–Trinajstić information content (AvgIpc) is 2.75. The number of carbonyl (C=O) groups is 1. The molecular formula is C20H24FN3O5S. The van der Waals surface area contributed by atoms with Crippen molar-refractivity contribution in [3.05, 3.63) is 60.2 Å². The minimum Gasteiger partial charge on any atom is -0.394 e. The summed E-state index contributed by atoms with van der Waals surface area (Å²) in [6, 6.07) is 7.54. The molecule has 10 heteroatoms. The Morgan fingerprint density at radius 3 is 2.67 bits per heavy atom. The normalized spacial score (nSPS) is 21.9. The quantitative estimate of drug-likeness (QED) is 0.572. The number of nitrogens with zero attached hydrogens (tertiary/aromatic N) is 1. The van der Waals surface area contributed by atoms with Gasteiger partial charge in [-0.25, -0.2) is 17.5 Å². The van der Waals surface area contributed by atoms with E-state index in [1.807, 2.05) is 0 Å². The molecule has 3 N–H and O–H groups in total. The van der Waals surface area contributed by atoms with Crippen LogP contribution in [0.5, 0.6) is 0 Å². The first-order chi connectivity index (χ1) is 14.4. The molecule has 0 unspecified atom stereocenters. The van der Waals surface area contributed by atoms with Gasteiger partial charge in [0.25, 0.3) is 5.91 Å². The fourth-order valence-electron chi connectivity index (χ4n) is 3.31. The lowest BCUT2D eigenvalue weighted by molar-refractivity contribution is -0.0891. The van der Waals surface area contributed by atoms with Gasteiger partial charge >= 0.3 is 0 Å². The first-order valence-corrected chi connectivity index (χ1v) is 11.1. The van der Waals surface area contributed by atoms with Gasteiger partial charge in [0.1, 0.15) is 11.9 Å². The van der Waals surface area contributed by atoms with Gasteiger partial charge in [0.2, 0.25) is 10.0 Å². The molecule has 3 atom stereocenters. The van der Waals surface area contributed by atoms with Crippen LogP contribution >= 0.6 is 0 Å². The average molecular weight is 437 g/mol. The van der Waals surface area contributed by atoms with E-state index in [1.165, 1.54) is 18.3 Å². The molecule has 1 aliphatic heterocycles. The third-order valence-corrected chi connectivity index (χ3v) is 6.40. The first kappa shape index (κ1) is 22.3. The van der Waals surface area contributed by atoms with Crippen LogP contribution in [-0.4, -0.2) is 55.8 Å². The van der Waals surface area contributed by atoms with Crippen LogP contribution in [-0.2, 0) is 14.8 Å². The summed E-state index contributed by atoms with van der Waals surface area (Å²) in [6.45, 7) is -0.134. The molecule has 162 valence electrons. The van der Waals surface area contributed by atoms with E-state index in [-0.39, 0.29) is 36.1 Å². The summed E-state index contributed by atoms with van der Waals surface area (Å²) >= 11 is 0. The lowest BCUT2D eigenvalue weighted by Crippen LogP contribution is -2.51. The SMILES string of the molecule is O=C(N[C@@H]1CC[C@@H](CCNS(=O)(=O)c2ccc(F)cc2)O[C@H]1CO)c1cccnc1. The number of carbonyl (C=O) groups excluding carboxylic acids is 1. The maximum atomic E-state index is 13.0. The van der Waals surface area contributed by atoms with Crippen molar-refractivity contribution in [2.45, 2.75) is 42.4 Å². The molecule has 1 aromatic heterocycles. The third kappa shape index (κ3) is 5.82. The number of hydrogen-bond donors (Lipinski definition) is 3. The number of amides is 1. The van der Waals surface area contributed by atoms with Gasteiger partial charge in [-0.1, -0.05) is 0 Å². The second kappa shape index (κ2) is 10.1. The molecule has 1 aromatic carbocycles. The number of rotatable bonds is 8. The molecule has 0 saturated carbocycles. The topological polar surface area (TPSA) is 118 Å². The van der Waals surface area contributed by atoms with Crippen molar-refractivity contribution in [3.8, 4) is 0 Å². The number of aliphatic hydroxyl groups is 1. The van der Waals surface area contributed by atoms with Gasteiger partial charge in [-0.15, -0.1) is 0 Å². The monoisotopic (exact) mass is 437 g/mol. The summed E-state index contributed by atoms with van der Waals surface area (Å²) in [6.07, 6.45) is 3.79. The van der Waals surface area contributed by atoms with Crippen LogP contribution in [0.3, 0.4) is 0 Å². The fraction of sp³-hybridized carbons (Fsp3) is 0.400. The Morgan fingerprint density at radius 1 is 1.23 bits per heavy atom. The van der Waals surface area contributed by atoms with E-state index >= 15 is 0 Å². The Balaban J connectivity index is 1.49. The number of sulfonamides is 1. The molecule has 0 bridgehead atoms. The van der Waals surface area contributed by atoms with E-state index in [4.69, 9.17) is 4.74 Å². The molecular weight excluding hydrogens is 413 g/mol. The molecule has 0 radical (unpaired) electrons. The van der Waals surface area contributed by atoms with Gasteiger partial charge in [-0.05, 0) is 55.7 Å². The van der Waals surface area contributed by atoms with Crippen molar-refractivity contribution in [3.63, 3.8) is 0 Å². The molecule has 2 aromatic rings. The zero-order valence-corrected chi connectivity index (χ0v) is 17.0. The van der Waals surface area contributed by atoms with Gasteiger partial charge < -0.3 is 15.2 Å². The summed E-state index contributed by atoms with van der Waals surface area (Å²) < 4.78 is 45.8. The minimum absolute atomic E-state index is 0.0140. The van der Waals surface area contributed by atoms with Crippen molar-refractivity contribution in [1.29, 1.82) is 0 Å². The number of pyridine rings is 1. The number of nitrogens with one attached hydrogen (secondary N) is 2. The highest BCUT2D eigenvalue weighted by molar-refractivity contribution is 7.89. The van der Waals surface area contributed by atoms with Gasteiger partial charge in [0, 0.05) is 18.9 Å². The molecule has 1 fully saturated rings. The second-order valence-corrected chi connectivity index (χ2v) is 8.79. The van der Waals surface area contributed by atoms with Gasteiger partial charge in [0.05, 0.1) is 29.2 Å². The van der Waals surface area contributed by atoms with Gasteiger partial charge in [-0.2, -0.15) is 0 Å². The third-order valence-electron chi connectivity index (χ3n) is 4.92. The Kier molecular flexibility index (Phi) is 7.48. The van der Waals surface area contributed by atoms with E-state index in [1.54, 1.807) is 18.3 Å². The molecule has 30 heavy (non-hydrogen) atoms. The summed E-state index contributed by atoms with van der Waals surface area (Å²) in [7, 11) is -3.74. The Bertz CT molecular complexity index is 941. The van der Waals surface area contributed by atoms with E-state index in [2.05, 4.69) is 15.0 Å². The van der Waals surface area contributed by atoms with Crippen molar-refractivity contribution in [2.24, 2.45) is 0 Å². The zero-order chi connectivity index (χ0) is 21.6. The minimum atomic E-state index is -3.74. The molecule has 1 amide bonds. The van der Waals surface area contributed by atoms with Crippen molar-refractivity contribution in [1.82, 2.24) is 15.0 Å². The maximum absolute atomic E-state index is 13.0. The van der Waals surface area contributed by atoms with Crippen LogP contribution in [0.15, 0.2) is 53.7 Å². The Labute approximate surface area is 174 Å². The molecule has 1 aliphatic rings. The largest absolute Gasteiger partial charge is 0.394 e. The molecule has 1 saturated heterocycles. The smallest absolute Gasteiger partial charge is 0.253 e. The summed E-state index contributed by atoms with van der Waals surface area (Å²) in [5.74, 6) is -0.801. The zero-order valence-electron chi connectivity index (χ0n) is 16.2. The number of aliphatic hydroxyl groups excluding tert-OH is 1. The first-order valence-electron chi connectivity index (χ1n) is 9.61. The van der Waals surface area contributed by atoms with Crippen molar-refractivity contribution >= 4 is 15.9 Å². The second-order valence-electron chi connectivity index (χ2n) is 7.02. The Morgan fingerprint density at radius 2 is 2.00 bits per heavy atom. The number of ether oxygens (including phenoxy) is 1. The lowest BCUT2D eigenvalue weighted by atomic mass is 9.97. The van der Waals surface area contributed by atoms with Crippen LogP contribution in [0.25, 0.3) is 0 Å². The van der Waals surface area contributed by atoms with Crippen LogP contribution in [0.4, 0.5) is 4.39 Å². The van der Waals surface area contributed by atoms with Crippen LogP contribution in [0.1, 0.15) is 29.6 Å². The Hall–Kier alpha value is -2.40. The highest BCUT2D eigenvalue weighted by atomic mass is 32.2. The van der Waals surface area contributed by atoms with Crippen LogP contribution in [0, 0.1) is 5.82 Å². The van der Waals surface area contributed by atoms with Gasteiger partial charge in [-0.3, -0.25) is 9.78 Å². The number of halogens is 1. The van der Waals surface area contributed by atoms with Gasteiger partial charge in [0.15, 0.2) is 0 Å². The summed E-state index contributed by atoms with van der Waals surface area (Å²) in [5, 5.41) is 12.5. The molecule has 0 spiro atoms. The van der Waals surface area contributed by atoms with Crippen LogP contribution in [0.2, 0.25) is 0 Å². The standard InChI is InChI=1S/C20H24FN3O5S/c21-15-3-6-17(7-4-15)30(27,28)23-11-9-16-5-8-18(19(13-25)29-16)24-20(26)14-2-1-10-22-12-14/h1-4,6-7,10,12,16,18-19,23,25H,5,8-9,11,13H2,(H,24,26)/t16-,18+,19-/m0/s1. The maximum Gasteiger partial charge on any atom is 0.253 e. The van der Waals surface area contributed by atoms with E-state index in [0.29, 0.717) is 24.8 Å². The molecule has 2 heterocycles. The molecule has 8 nitrogen and oxygen atoms in total. The predicted octanol–water partition coefficient (Wildman–Crippen LogP) is 1.23. The number of hydrogen-bond acceptors (Lipinski definition) is 6. The highest BCUT2D eigenvalue weighted by Crippen LogP contribution is 2.22. The molecule has 3 rings (SSSR count). The highest BCUT2D eigenvalue weighted by Gasteiger charge is 2.32. The summed E-state index contributed by atoms with van der Waals surface area (Å²) in [4.78, 5) is 16.2. The predicted molar refractivity (Wildman–Crippen MR) is 107 cm³/mol. The van der Waals surface area contributed by atoms with E-state index in [0.717, 1.165) is 12.1 Å². The van der Waals surface area contributed by atoms with E-state index < -0.39 is 21.9 Å². The summed E-state index contributed by atoms with van der Waals surface area (Å²) in [5.41, 5.74) is 0.423. The van der Waals surface area contributed by atoms with E-state index in [9.17, 15) is 22.7 Å². The fourth-order valence-corrected chi connectivity index (χ4v) is 4.36.